The van der Waals surface area contributed by atoms with Crippen LogP contribution in [0, 0.1) is 0 Å². The molecule has 1 amide bonds. The van der Waals surface area contributed by atoms with Crippen molar-refractivity contribution >= 4 is 5.91 Å². The van der Waals surface area contributed by atoms with E-state index in [2.05, 4.69) is 5.10 Å². The molecule has 2 aromatic rings. The number of hydrogen-bond donors (Lipinski definition) is 0. The van der Waals surface area contributed by atoms with Crippen molar-refractivity contribution in [3.63, 3.8) is 0 Å². The van der Waals surface area contributed by atoms with Crippen LogP contribution in [0.3, 0.4) is 0 Å². The SMILES string of the molecule is O=C(c1ccc2c(c1)OCCO2)N1CCCC[C@H]1Cn1cccn1. The largest absolute Gasteiger partial charge is 0.486 e. The molecule has 126 valence electrons. The van der Waals surface area contributed by atoms with E-state index < -0.39 is 0 Å². The van der Waals surface area contributed by atoms with Crippen LogP contribution >= 0.6 is 0 Å². The van der Waals surface area contributed by atoms with Crippen LogP contribution in [-0.2, 0) is 6.54 Å². The van der Waals surface area contributed by atoms with Gasteiger partial charge in [-0.15, -0.1) is 0 Å². The van der Waals surface area contributed by atoms with E-state index in [1.54, 1.807) is 12.3 Å². The Morgan fingerprint density at radius 1 is 1.21 bits per heavy atom. The molecule has 6 nitrogen and oxygen atoms in total. The summed E-state index contributed by atoms with van der Waals surface area (Å²) in [6.07, 6.45) is 6.93. The van der Waals surface area contributed by atoms with E-state index in [9.17, 15) is 4.79 Å². The van der Waals surface area contributed by atoms with Gasteiger partial charge in [0.25, 0.3) is 5.91 Å². The molecule has 1 aromatic carbocycles. The van der Waals surface area contributed by atoms with Crippen LogP contribution in [0.5, 0.6) is 11.5 Å². The lowest BCUT2D eigenvalue weighted by Gasteiger charge is -2.36. The fraction of sp³-hybridized carbons (Fsp3) is 0.444. The van der Waals surface area contributed by atoms with Crippen molar-refractivity contribution < 1.29 is 14.3 Å². The van der Waals surface area contributed by atoms with Crippen molar-refractivity contribution in [3.05, 3.63) is 42.2 Å². The summed E-state index contributed by atoms with van der Waals surface area (Å²) in [5.74, 6) is 1.43. The maximum atomic E-state index is 13.0. The Bertz CT molecular complexity index is 714. The van der Waals surface area contributed by atoms with Gasteiger partial charge in [-0.1, -0.05) is 0 Å². The van der Waals surface area contributed by atoms with Crippen molar-refractivity contribution in [1.82, 2.24) is 14.7 Å². The zero-order valence-electron chi connectivity index (χ0n) is 13.6. The summed E-state index contributed by atoms with van der Waals surface area (Å²) in [6, 6.07) is 7.55. The molecule has 2 aliphatic rings. The van der Waals surface area contributed by atoms with Crippen LogP contribution in [-0.4, -0.2) is 46.4 Å². The summed E-state index contributed by atoms with van der Waals surface area (Å²) in [7, 11) is 0. The van der Waals surface area contributed by atoms with Gasteiger partial charge in [0.1, 0.15) is 13.2 Å². The molecule has 0 N–H and O–H groups in total. The monoisotopic (exact) mass is 327 g/mol. The molecule has 0 radical (unpaired) electrons. The number of aromatic nitrogens is 2. The second-order valence-electron chi connectivity index (χ2n) is 6.23. The molecule has 1 fully saturated rings. The molecule has 6 heteroatoms. The average Bonchev–Trinajstić information content (AvgIpc) is 3.14. The molecular formula is C18H21N3O3. The minimum atomic E-state index is 0.0591. The first-order valence-corrected chi connectivity index (χ1v) is 8.49. The summed E-state index contributed by atoms with van der Waals surface area (Å²) in [5, 5.41) is 4.28. The Hall–Kier alpha value is -2.50. The molecule has 1 atom stereocenters. The number of likely N-dealkylation sites (tertiary alicyclic amines) is 1. The van der Waals surface area contributed by atoms with Crippen molar-refractivity contribution in [3.8, 4) is 11.5 Å². The van der Waals surface area contributed by atoms with Gasteiger partial charge in [0.2, 0.25) is 0 Å². The quantitative estimate of drug-likeness (QED) is 0.868. The van der Waals surface area contributed by atoms with E-state index in [-0.39, 0.29) is 11.9 Å². The first-order valence-electron chi connectivity index (χ1n) is 8.49. The van der Waals surface area contributed by atoms with Gasteiger partial charge in [0.15, 0.2) is 11.5 Å². The van der Waals surface area contributed by atoms with Crippen molar-refractivity contribution in [2.45, 2.75) is 31.8 Å². The lowest BCUT2D eigenvalue weighted by Crippen LogP contribution is -2.46. The van der Waals surface area contributed by atoms with Gasteiger partial charge in [-0.05, 0) is 43.5 Å². The topological polar surface area (TPSA) is 56.6 Å². The van der Waals surface area contributed by atoms with E-state index in [0.29, 0.717) is 30.3 Å². The second kappa shape index (κ2) is 6.55. The lowest BCUT2D eigenvalue weighted by molar-refractivity contribution is 0.0583. The molecular weight excluding hydrogens is 306 g/mol. The third-order valence-corrected chi connectivity index (χ3v) is 4.63. The van der Waals surface area contributed by atoms with E-state index in [4.69, 9.17) is 9.47 Å². The number of fused-ring (bicyclic) bond motifs is 1. The van der Waals surface area contributed by atoms with Crippen LogP contribution in [0.2, 0.25) is 0 Å². The minimum Gasteiger partial charge on any atom is -0.486 e. The molecule has 4 rings (SSSR count). The number of ether oxygens (including phenoxy) is 2. The van der Waals surface area contributed by atoms with Gasteiger partial charge >= 0.3 is 0 Å². The van der Waals surface area contributed by atoms with Crippen LogP contribution in [0.4, 0.5) is 0 Å². The van der Waals surface area contributed by atoms with Crippen LogP contribution in [0.15, 0.2) is 36.7 Å². The molecule has 1 saturated heterocycles. The Labute approximate surface area is 141 Å². The zero-order chi connectivity index (χ0) is 16.4. The van der Waals surface area contributed by atoms with Crippen LogP contribution in [0.25, 0.3) is 0 Å². The highest BCUT2D eigenvalue weighted by Gasteiger charge is 2.28. The number of carbonyl (C=O) groups is 1. The normalized spacial score (nSPS) is 20.0. The van der Waals surface area contributed by atoms with E-state index in [1.165, 1.54) is 0 Å². The van der Waals surface area contributed by atoms with Gasteiger partial charge in [-0.2, -0.15) is 5.10 Å². The molecule has 0 saturated carbocycles. The van der Waals surface area contributed by atoms with Crippen molar-refractivity contribution in [2.24, 2.45) is 0 Å². The highest BCUT2D eigenvalue weighted by Crippen LogP contribution is 2.32. The average molecular weight is 327 g/mol. The third-order valence-electron chi connectivity index (χ3n) is 4.63. The fourth-order valence-electron chi connectivity index (χ4n) is 3.42. The summed E-state index contributed by atoms with van der Waals surface area (Å²) in [4.78, 5) is 15.0. The molecule has 0 unspecified atom stereocenters. The standard InChI is InChI=1S/C18H21N3O3/c22-18(14-5-6-16-17(12-14)24-11-10-23-16)21-9-2-1-4-15(21)13-20-8-3-7-19-20/h3,5-8,12,15H,1-2,4,9-11,13H2/t15-/m0/s1. The van der Waals surface area contributed by atoms with Gasteiger partial charge < -0.3 is 14.4 Å². The number of carbonyl (C=O) groups excluding carboxylic acids is 1. The molecule has 0 bridgehead atoms. The Morgan fingerprint density at radius 2 is 2.08 bits per heavy atom. The zero-order valence-corrected chi connectivity index (χ0v) is 13.6. The number of nitrogens with zero attached hydrogens (tertiary/aromatic N) is 3. The molecule has 2 aliphatic heterocycles. The maximum Gasteiger partial charge on any atom is 0.254 e. The Kier molecular flexibility index (Phi) is 4.11. The van der Waals surface area contributed by atoms with Crippen LogP contribution in [0.1, 0.15) is 29.6 Å². The van der Waals surface area contributed by atoms with Crippen molar-refractivity contribution in [1.29, 1.82) is 0 Å². The fourth-order valence-corrected chi connectivity index (χ4v) is 3.42. The smallest absolute Gasteiger partial charge is 0.254 e. The van der Waals surface area contributed by atoms with Gasteiger partial charge in [-0.25, -0.2) is 0 Å². The highest BCUT2D eigenvalue weighted by atomic mass is 16.6. The van der Waals surface area contributed by atoms with E-state index in [0.717, 1.165) is 32.4 Å². The van der Waals surface area contributed by atoms with Crippen LogP contribution < -0.4 is 9.47 Å². The van der Waals surface area contributed by atoms with E-state index in [1.807, 2.05) is 34.0 Å². The van der Waals surface area contributed by atoms with Gasteiger partial charge in [-0.3, -0.25) is 9.48 Å². The lowest BCUT2D eigenvalue weighted by atomic mass is 10.0. The number of piperidine rings is 1. The minimum absolute atomic E-state index is 0.0591. The predicted octanol–water partition coefficient (Wildman–Crippen LogP) is 2.35. The molecule has 1 aromatic heterocycles. The molecule has 0 aliphatic carbocycles. The number of hydrogen-bond acceptors (Lipinski definition) is 4. The maximum absolute atomic E-state index is 13.0. The predicted molar refractivity (Wildman–Crippen MR) is 88.3 cm³/mol. The number of amides is 1. The first kappa shape index (κ1) is 15.1. The second-order valence-corrected chi connectivity index (χ2v) is 6.23. The van der Waals surface area contributed by atoms with Gasteiger partial charge in [0, 0.05) is 24.5 Å². The van der Waals surface area contributed by atoms with Gasteiger partial charge in [0.05, 0.1) is 12.6 Å². The summed E-state index contributed by atoms with van der Waals surface area (Å²) >= 11 is 0. The van der Waals surface area contributed by atoms with E-state index >= 15 is 0 Å². The Balaban J connectivity index is 1.55. The number of benzene rings is 1. The Morgan fingerprint density at radius 3 is 2.92 bits per heavy atom. The summed E-state index contributed by atoms with van der Waals surface area (Å²) in [6.45, 7) is 2.61. The third kappa shape index (κ3) is 2.96. The first-order chi connectivity index (χ1) is 11.8. The molecule has 3 heterocycles. The molecule has 0 spiro atoms. The summed E-state index contributed by atoms with van der Waals surface area (Å²) in [5.41, 5.74) is 0.659. The van der Waals surface area contributed by atoms with Crippen molar-refractivity contribution in [2.75, 3.05) is 19.8 Å². The highest BCUT2D eigenvalue weighted by molar-refractivity contribution is 5.95. The number of rotatable bonds is 3. The summed E-state index contributed by atoms with van der Waals surface area (Å²) < 4.78 is 13.0. The molecule has 24 heavy (non-hydrogen) atoms.